The van der Waals surface area contributed by atoms with E-state index in [1.54, 1.807) is 12.1 Å². The second-order valence-electron chi connectivity index (χ2n) is 5.79. The Bertz CT molecular complexity index is 661. The van der Waals surface area contributed by atoms with Gasteiger partial charge in [-0.15, -0.1) is 4.91 Å². The molecule has 0 aromatic heterocycles. The maximum atomic E-state index is 12.4. The van der Waals surface area contributed by atoms with Crippen LogP contribution in [0.15, 0.2) is 29.4 Å². The van der Waals surface area contributed by atoms with E-state index in [0.29, 0.717) is 19.4 Å². The lowest BCUT2D eigenvalue weighted by molar-refractivity contribution is -0.147. The van der Waals surface area contributed by atoms with Crippen molar-refractivity contribution in [2.75, 3.05) is 13.1 Å². The fourth-order valence-electron chi connectivity index (χ4n) is 3.00. The molecule has 1 aromatic rings. The number of carboxylic acid groups (broad SMARTS) is 1. The molecule has 24 heavy (non-hydrogen) atoms. The molecule has 2 rings (SSSR count). The summed E-state index contributed by atoms with van der Waals surface area (Å²) < 4.78 is 0. The Kier molecular flexibility index (Phi) is 5.75. The first-order chi connectivity index (χ1) is 11.5. The van der Waals surface area contributed by atoms with E-state index in [1.165, 1.54) is 17.0 Å². The van der Waals surface area contributed by atoms with E-state index in [4.69, 9.17) is 5.73 Å². The summed E-state index contributed by atoms with van der Waals surface area (Å²) in [6.07, 6.45) is 0.462. The summed E-state index contributed by atoms with van der Waals surface area (Å²) in [4.78, 5) is 48.0. The Morgan fingerprint density at radius 3 is 2.62 bits per heavy atom. The zero-order valence-corrected chi connectivity index (χ0v) is 13.1. The van der Waals surface area contributed by atoms with Crippen molar-refractivity contribution in [2.45, 2.75) is 25.3 Å². The molecule has 0 spiro atoms. The molecule has 8 heteroatoms. The fraction of sp³-hybridized carbons (Fsp3) is 0.438. The van der Waals surface area contributed by atoms with E-state index in [-0.39, 0.29) is 23.7 Å². The highest BCUT2D eigenvalue weighted by Gasteiger charge is 2.39. The monoisotopic (exact) mass is 333 g/mol. The Hall–Kier alpha value is -2.61. The number of nitroso groups, excluding NO2 is 1. The molecular weight excluding hydrogens is 314 g/mol. The lowest BCUT2D eigenvalue weighted by Gasteiger charge is -2.21. The second-order valence-corrected chi connectivity index (χ2v) is 5.79. The van der Waals surface area contributed by atoms with E-state index in [2.05, 4.69) is 5.18 Å². The number of carbonyl (C=O) groups excluding carboxylic acids is 2. The molecule has 1 fully saturated rings. The first kappa shape index (κ1) is 17.7. The maximum Gasteiger partial charge on any atom is 0.326 e. The SMILES string of the molecule is NCC[C@H]1C[C@@H](C(=O)O)N(C(=O)CC(=O)c2ccccc2N=O)C1. The quantitative estimate of drug-likeness (QED) is 0.439. The van der Waals surface area contributed by atoms with E-state index in [0.717, 1.165) is 0 Å². The van der Waals surface area contributed by atoms with Crippen LogP contribution in [0.3, 0.4) is 0 Å². The topological polar surface area (TPSA) is 130 Å². The standard InChI is InChI=1S/C16H19N3O5/c17-6-5-10-7-13(16(22)23)19(9-10)15(21)8-14(20)11-3-1-2-4-12(11)18-24/h1-4,10,13H,5-9,17H2,(H,22,23)/t10-,13-/m0/s1. The summed E-state index contributed by atoms with van der Waals surface area (Å²) >= 11 is 0. The van der Waals surface area contributed by atoms with Crippen LogP contribution in [0.1, 0.15) is 29.6 Å². The Morgan fingerprint density at radius 2 is 2.00 bits per heavy atom. The fourth-order valence-corrected chi connectivity index (χ4v) is 3.00. The molecular formula is C16H19N3O5. The largest absolute Gasteiger partial charge is 0.480 e. The molecule has 0 radical (unpaired) electrons. The van der Waals surface area contributed by atoms with Crippen LogP contribution in [0.4, 0.5) is 5.69 Å². The van der Waals surface area contributed by atoms with Gasteiger partial charge in [-0.2, -0.15) is 0 Å². The average molecular weight is 333 g/mol. The van der Waals surface area contributed by atoms with Gasteiger partial charge < -0.3 is 15.7 Å². The predicted molar refractivity (Wildman–Crippen MR) is 85.8 cm³/mol. The minimum Gasteiger partial charge on any atom is -0.480 e. The number of hydrogen-bond donors (Lipinski definition) is 2. The van der Waals surface area contributed by atoms with E-state index < -0.39 is 30.1 Å². The number of aliphatic carboxylic acids is 1. The smallest absolute Gasteiger partial charge is 0.326 e. The van der Waals surface area contributed by atoms with Gasteiger partial charge in [0.1, 0.15) is 11.7 Å². The van der Waals surface area contributed by atoms with E-state index in [9.17, 15) is 24.4 Å². The number of likely N-dealkylation sites (tertiary alicyclic amines) is 1. The van der Waals surface area contributed by atoms with Crippen LogP contribution < -0.4 is 5.73 Å². The van der Waals surface area contributed by atoms with Gasteiger partial charge >= 0.3 is 5.97 Å². The third-order valence-corrected chi connectivity index (χ3v) is 4.18. The number of benzene rings is 1. The highest BCUT2D eigenvalue weighted by molar-refractivity contribution is 6.10. The molecule has 2 atom stereocenters. The van der Waals surface area contributed by atoms with Crippen LogP contribution >= 0.6 is 0 Å². The molecule has 1 heterocycles. The van der Waals surface area contributed by atoms with Gasteiger partial charge in [0, 0.05) is 12.1 Å². The molecule has 1 aromatic carbocycles. The minimum absolute atomic E-state index is 0.0130. The zero-order chi connectivity index (χ0) is 17.7. The molecule has 0 bridgehead atoms. The molecule has 8 nitrogen and oxygen atoms in total. The average Bonchev–Trinajstić information content (AvgIpc) is 2.99. The van der Waals surface area contributed by atoms with Crippen molar-refractivity contribution in [1.82, 2.24) is 4.90 Å². The van der Waals surface area contributed by atoms with Crippen molar-refractivity contribution in [3.63, 3.8) is 0 Å². The molecule has 3 N–H and O–H groups in total. The van der Waals surface area contributed by atoms with Crippen LogP contribution in [0.5, 0.6) is 0 Å². The molecule has 1 saturated heterocycles. The van der Waals surface area contributed by atoms with Crippen molar-refractivity contribution in [3.8, 4) is 0 Å². The van der Waals surface area contributed by atoms with Crippen molar-refractivity contribution < 1.29 is 19.5 Å². The van der Waals surface area contributed by atoms with Gasteiger partial charge in [0.15, 0.2) is 5.78 Å². The molecule has 1 amide bonds. The van der Waals surface area contributed by atoms with Gasteiger partial charge in [0.2, 0.25) is 5.91 Å². The summed E-state index contributed by atoms with van der Waals surface area (Å²) in [5, 5.41) is 12.1. The third-order valence-electron chi connectivity index (χ3n) is 4.18. The number of carbonyl (C=O) groups is 3. The maximum absolute atomic E-state index is 12.4. The Balaban J connectivity index is 2.11. The first-order valence-corrected chi connectivity index (χ1v) is 7.65. The summed E-state index contributed by atoms with van der Waals surface area (Å²) in [5.41, 5.74) is 5.52. The van der Waals surface area contributed by atoms with E-state index in [1.807, 2.05) is 0 Å². The van der Waals surface area contributed by atoms with Crippen LogP contribution in [-0.4, -0.2) is 46.8 Å². The molecule has 0 unspecified atom stereocenters. The third kappa shape index (κ3) is 3.83. The minimum atomic E-state index is -1.09. The predicted octanol–water partition coefficient (Wildman–Crippen LogP) is 1.31. The number of amides is 1. The number of Topliss-reactive ketones (excluding diaryl/α,β-unsaturated/α-hetero) is 1. The zero-order valence-electron chi connectivity index (χ0n) is 13.1. The van der Waals surface area contributed by atoms with Crippen molar-refractivity contribution in [3.05, 3.63) is 34.7 Å². The van der Waals surface area contributed by atoms with Gasteiger partial charge in [-0.1, -0.05) is 12.1 Å². The van der Waals surface area contributed by atoms with Gasteiger partial charge in [0.05, 0.1) is 6.42 Å². The van der Waals surface area contributed by atoms with Gasteiger partial charge in [-0.05, 0) is 42.6 Å². The van der Waals surface area contributed by atoms with Crippen molar-refractivity contribution in [1.29, 1.82) is 0 Å². The van der Waals surface area contributed by atoms with E-state index >= 15 is 0 Å². The number of carboxylic acids is 1. The molecule has 1 aliphatic heterocycles. The van der Waals surface area contributed by atoms with Gasteiger partial charge in [-0.3, -0.25) is 9.59 Å². The number of ketones is 1. The Morgan fingerprint density at radius 1 is 1.29 bits per heavy atom. The van der Waals surface area contributed by atoms with Crippen LogP contribution in [-0.2, 0) is 9.59 Å². The normalized spacial score (nSPS) is 20.0. The molecule has 128 valence electrons. The number of rotatable bonds is 7. The molecule has 1 aliphatic rings. The second kappa shape index (κ2) is 7.78. The van der Waals surface area contributed by atoms with Crippen molar-refractivity contribution >= 4 is 23.3 Å². The van der Waals surface area contributed by atoms with Gasteiger partial charge in [0.25, 0.3) is 0 Å². The summed E-state index contributed by atoms with van der Waals surface area (Å²) in [5.74, 6) is -2.20. The highest BCUT2D eigenvalue weighted by atomic mass is 16.4. The summed E-state index contributed by atoms with van der Waals surface area (Å²) in [7, 11) is 0. The highest BCUT2D eigenvalue weighted by Crippen LogP contribution is 2.27. The van der Waals surface area contributed by atoms with Gasteiger partial charge in [-0.25, -0.2) is 4.79 Å². The Labute approximate surface area is 138 Å². The lowest BCUT2D eigenvalue weighted by Crippen LogP contribution is -2.41. The summed E-state index contributed by atoms with van der Waals surface area (Å²) in [6.45, 7) is 0.685. The molecule has 0 saturated carbocycles. The molecule has 0 aliphatic carbocycles. The lowest BCUT2D eigenvalue weighted by atomic mass is 10.0. The first-order valence-electron chi connectivity index (χ1n) is 7.65. The summed E-state index contributed by atoms with van der Waals surface area (Å²) in [6, 6.07) is 4.99. The van der Waals surface area contributed by atoms with Crippen LogP contribution in [0.25, 0.3) is 0 Å². The van der Waals surface area contributed by atoms with Crippen LogP contribution in [0, 0.1) is 10.8 Å². The van der Waals surface area contributed by atoms with Crippen LogP contribution in [0.2, 0.25) is 0 Å². The number of hydrogen-bond acceptors (Lipinski definition) is 6. The van der Waals surface area contributed by atoms with Crippen molar-refractivity contribution in [2.24, 2.45) is 16.8 Å². The number of nitrogens with zero attached hydrogens (tertiary/aromatic N) is 2. The number of nitrogens with two attached hydrogens (primary N) is 1.